The molecule has 2 nitrogen and oxygen atoms in total. The Hall–Kier alpha value is -4.82. The van der Waals surface area contributed by atoms with Gasteiger partial charge in [0.05, 0.1) is 22.1 Å². The van der Waals surface area contributed by atoms with Crippen LogP contribution in [0.3, 0.4) is 0 Å². The molecule has 0 bridgehead atoms. The highest BCUT2D eigenvalue weighted by Crippen LogP contribution is 2.42. The summed E-state index contributed by atoms with van der Waals surface area (Å²) in [6.07, 6.45) is 0. The fourth-order valence-electron chi connectivity index (χ4n) is 5.76. The SMILES string of the molecule is c1ccc2cc(-c3ccc(-n4c5ccccc5c5ccccc54)c4c3oc3ccccc34)ccc2c1. The predicted molar refractivity (Wildman–Crippen MR) is 151 cm³/mol. The maximum absolute atomic E-state index is 6.60. The molecule has 0 saturated heterocycles. The maximum atomic E-state index is 6.60. The number of benzene rings is 6. The Kier molecular flexibility index (Phi) is 3.97. The molecule has 0 N–H and O–H groups in total. The van der Waals surface area contributed by atoms with Crippen LogP contribution < -0.4 is 0 Å². The largest absolute Gasteiger partial charge is 0.455 e. The molecule has 8 aromatic rings. The van der Waals surface area contributed by atoms with E-state index in [0.717, 1.165) is 38.8 Å². The fraction of sp³-hybridized carbons (Fsp3) is 0. The lowest BCUT2D eigenvalue weighted by Gasteiger charge is -2.12. The molecule has 8 rings (SSSR count). The average Bonchev–Trinajstić information content (AvgIpc) is 3.49. The number of hydrogen-bond donors (Lipinski definition) is 0. The van der Waals surface area contributed by atoms with E-state index in [1.807, 2.05) is 6.07 Å². The first-order valence-corrected chi connectivity index (χ1v) is 12.3. The van der Waals surface area contributed by atoms with Crippen LogP contribution in [0.15, 0.2) is 132 Å². The Morgan fingerprint density at radius 3 is 1.92 bits per heavy atom. The van der Waals surface area contributed by atoms with Crippen molar-refractivity contribution < 1.29 is 4.42 Å². The minimum Gasteiger partial charge on any atom is -0.455 e. The molecular weight excluding hydrogens is 438 g/mol. The minimum atomic E-state index is 0.905. The zero-order valence-corrected chi connectivity index (χ0v) is 19.5. The third-order valence-electron chi connectivity index (χ3n) is 7.39. The lowest BCUT2D eigenvalue weighted by atomic mass is 9.98. The molecule has 0 saturated carbocycles. The van der Waals surface area contributed by atoms with E-state index in [9.17, 15) is 0 Å². The molecule has 0 spiro atoms. The van der Waals surface area contributed by atoms with Crippen LogP contribution in [0.25, 0.3) is 71.3 Å². The number of para-hydroxylation sites is 3. The number of furan rings is 1. The van der Waals surface area contributed by atoms with Crippen molar-refractivity contribution in [3.05, 3.63) is 127 Å². The smallest absolute Gasteiger partial charge is 0.145 e. The van der Waals surface area contributed by atoms with Gasteiger partial charge in [0.1, 0.15) is 11.2 Å². The number of nitrogens with zero attached hydrogens (tertiary/aromatic N) is 1. The van der Waals surface area contributed by atoms with Crippen molar-refractivity contribution >= 4 is 54.5 Å². The van der Waals surface area contributed by atoms with Crippen LogP contribution in [0.4, 0.5) is 0 Å². The van der Waals surface area contributed by atoms with Gasteiger partial charge in [0.15, 0.2) is 0 Å². The first kappa shape index (κ1) is 19.5. The summed E-state index contributed by atoms with van der Waals surface area (Å²) in [7, 11) is 0. The summed E-state index contributed by atoms with van der Waals surface area (Å²) >= 11 is 0. The molecule has 0 aliphatic heterocycles. The van der Waals surface area contributed by atoms with E-state index in [0.29, 0.717) is 0 Å². The average molecular weight is 460 g/mol. The Morgan fingerprint density at radius 2 is 1.14 bits per heavy atom. The number of rotatable bonds is 2. The lowest BCUT2D eigenvalue weighted by Crippen LogP contribution is -1.95. The van der Waals surface area contributed by atoms with E-state index >= 15 is 0 Å². The van der Waals surface area contributed by atoms with Gasteiger partial charge in [-0.05, 0) is 52.7 Å². The monoisotopic (exact) mass is 459 g/mol. The summed E-state index contributed by atoms with van der Waals surface area (Å²) in [6, 6.07) is 45.3. The molecule has 168 valence electrons. The van der Waals surface area contributed by atoms with E-state index in [-0.39, 0.29) is 0 Å². The summed E-state index contributed by atoms with van der Waals surface area (Å²) in [5.74, 6) is 0. The normalized spacial score (nSPS) is 11.9. The lowest BCUT2D eigenvalue weighted by molar-refractivity contribution is 0.670. The van der Waals surface area contributed by atoms with Crippen LogP contribution in [0.5, 0.6) is 0 Å². The molecule has 6 aromatic carbocycles. The predicted octanol–water partition coefficient (Wildman–Crippen LogP) is 9.50. The summed E-state index contributed by atoms with van der Waals surface area (Å²) in [5, 5.41) is 7.25. The highest BCUT2D eigenvalue weighted by atomic mass is 16.3. The van der Waals surface area contributed by atoms with Crippen LogP contribution >= 0.6 is 0 Å². The van der Waals surface area contributed by atoms with Gasteiger partial charge in [-0.15, -0.1) is 0 Å². The van der Waals surface area contributed by atoms with E-state index in [2.05, 4.69) is 126 Å². The number of aromatic nitrogens is 1. The van der Waals surface area contributed by atoms with Crippen molar-refractivity contribution in [2.75, 3.05) is 0 Å². The third kappa shape index (κ3) is 2.67. The first-order valence-electron chi connectivity index (χ1n) is 12.3. The van der Waals surface area contributed by atoms with Crippen molar-refractivity contribution in [3.8, 4) is 16.8 Å². The molecule has 0 amide bonds. The molecule has 36 heavy (non-hydrogen) atoms. The molecule has 0 aliphatic carbocycles. The quantitative estimate of drug-likeness (QED) is 0.252. The molecule has 2 aromatic heterocycles. The van der Waals surface area contributed by atoms with Crippen molar-refractivity contribution in [1.29, 1.82) is 0 Å². The highest BCUT2D eigenvalue weighted by Gasteiger charge is 2.20. The van der Waals surface area contributed by atoms with Crippen molar-refractivity contribution in [2.24, 2.45) is 0 Å². The Bertz CT molecular complexity index is 2050. The van der Waals surface area contributed by atoms with Gasteiger partial charge >= 0.3 is 0 Å². The van der Waals surface area contributed by atoms with E-state index in [1.165, 1.54) is 32.6 Å². The third-order valence-corrected chi connectivity index (χ3v) is 7.39. The second kappa shape index (κ2) is 7.34. The number of fused-ring (bicyclic) bond motifs is 7. The van der Waals surface area contributed by atoms with Gasteiger partial charge in [-0.1, -0.05) is 91.0 Å². The van der Waals surface area contributed by atoms with E-state index in [1.54, 1.807) is 0 Å². The topological polar surface area (TPSA) is 18.1 Å². The fourth-order valence-corrected chi connectivity index (χ4v) is 5.76. The van der Waals surface area contributed by atoms with Crippen LogP contribution in [0, 0.1) is 0 Å². The second-order valence-electron chi connectivity index (χ2n) is 9.37. The van der Waals surface area contributed by atoms with Crippen molar-refractivity contribution in [3.63, 3.8) is 0 Å². The maximum Gasteiger partial charge on any atom is 0.145 e. The highest BCUT2D eigenvalue weighted by molar-refractivity contribution is 6.17. The first-order chi connectivity index (χ1) is 17.9. The molecule has 0 unspecified atom stereocenters. The molecule has 0 fully saturated rings. The minimum absolute atomic E-state index is 0.905. The van der Waals surface area contributed by atoms with Gasteiger partial charge in [0.25, 0.3) is 0 Å². The standard InChI is InChI=1S/C34H21NO/c1-2-10-23-21-24(18-17-22(23)9-1)25-19-20-31(33-28-13-5-8-16-32(28)36-34(25)33)35-29-14-6-3-11-26(29)27-12-4-7-15-30(27)35/h1-21H. The van der Waals surface area contributed by atoms with Crippen molar-refractivity contribution in [1.82, 2.24) is 4.57 Å². The van der Waals surface area contributed by atoms with Gasteiger partial charge < -0.3 is 8.98 Å². The molecule has 0 atom stereocenters. The second-order valence-corrected chi connectivity index (χ2v) is 9.37. The summed E-state index contributed by atoms with van der Waals surface area (Å²) in [6.45, 7) is 0. The van der Waals surface area contributed by atoms with E-state index in [4.69, 9.17) is 4.42 Å². The number of hydrogen-bond acceptors (Lipinski definition) is 1. The van der Waals surface area contributed by atoms with Gasteiger partial charge in [0, 0.05) is 21.7 Å². The molecule has 2 heteroatoms. The summed E-state index contributed by atoms with van der Waals surface area (Å²) < 4.78 is 8.99. The van der Waals surface area contributed by atoms with Gasteiger partial charge in [-0.2, -0.15) is 0 Å². The van der Waals surface area contributed by atoms with Gasteiger partial charge in [-0.25, -0.2) is 0 Å². The zero-order valence-electron chi connectivity index (χ0n) is 19.5. The van der Waals surface area contributed by atoms with Crippen LogP contribution in [0.1, 0.15) is 0 Å². The Balaban J connectivity index is 1.51. The summed E-state index contributed by atoms with van der Waals surface area (Å²) in [5.41, 5.74) is 7.63. The molecule has 0 aliphatic rings. The molecule has 0 radical (unpaired) electrons. The molecule has 2 heterocycles. The zero-order chi connectivity index (χ0) is 23.6. The van der Waals surface area contributed by atoms with Crippen molar-refractivity contribution in [2.45, 2.75) is 0 Å². The van der Waals surface area contributed by atoms with Crippen LogP contribution in [-0.2, 0) is 0 Å². The van der Waals surface area contributed by atoms with Crippen LogP contribution in [-0.4, -0.2) is 4.57 Å². The summed E-state index contributed by atoms with van der Waals surface area (Å²) in [4.78, 5) is 0. The Labute approximate surface area is 207 Å². The van der Waals surface area contributed by atoms with Gasteiger partial charge in [-0.3, -0.25) is 0 Å². The van der Waals surface area contributed by atoms with E-state index < -0.39 is 0 Å². The van der Waals surface area contributed by atoms with Crippen LogP contribution in [0.2, 0.25) is 0 Å². The Morgan fingerprint density at radius 1 is 0.500 bits per heavy atom. The van der Waals surface area contributed by atoms with Gasteiger partial charge in [0.2, 0.25) is 0 Å². The molecular formula is C34H21NO.